The second-order valence-electron chi connectivity index (χ2n) is 6.56. The van der Waals surface area contributed by atoms with Gasteiger partial charge in [0.25, 0.3) is 5.79 Å². The van der Waals surface area contributed by atoms with E-state index in [9.17, 15) is 9.59 Å². The number of esters is 1. The molecule has 0 saturated carbocycles. The van der Waals surface area contributed by atoms with Crippen molar-refractivity contribution in [2.24, 2.45) is 0 Å². The average molecular weight is 429 g/mol. The number of methoxy groups -OCH3 is 1. The minimum atomic E-state index is -0.921. The highest BCUT2D eigenvalue weighted by atomic mass is 79.9. The van der Waals surface area contributed by atoms with E-state index in [1.54, 1.807) is 13.0 Å². The van der Waals surface area contributed by atoms with Crippen molar-refractivity contribution in [1.29, 1.82) is 0 Å². The Kier molecular flexibility index (Phi) is 5.03. The first-order valence-electron chi connectivity index (χ1n) is 8.24. The maximum atomic E-state index is 12.0. The molecule has 0 spiro atoms. The fourth-order valence-electron chi connectivity index (χ4n) is 3.26. The van der Waals surface area contributed by atoms with Gasteiger partial charge in [-0.15, -0.1) is 0 Å². The van der Waals surface area contributed by atoms with E-state index in [-0.39, 0.29) is 0 Å². The van der Waals surface area contributed by atoms with Crippen LogP contribution in [0.15, 0.2) is 10.5 Å². The van der Waals surface area contributed by atoms with Gasteiger partial charge in [-0.25, -0.2) is 9.59 Å². The van der Waals surface area contributed by atoms with E-state index in [0.29, 0.717) is 59.8 Å². The number of rotatable bonds is 3. The van der Waals surface area contributed by atoms with Crippen LogP contribution in [-0.2, 0) is 4.74 Å². The molecule has 1 saturated heterocycles. The summed E-state index contributed by atoms with van der Waals surface area (Å²) in [6.07, 6.45) is -0.897. The molecule has 2 aliphatic heterocycles. The number of ether oxygens (including phenoxy) is 3. The normalized spacial score (nSPS) is 22.4. The van der Waals surface area contributed by atoms with Crippen molar-refractivity contribution in [3.63, 3.8) is 0 Å². The van der Waals surface area contributed by atoms with E-state index in [0.717, 1.165) is 0 Å². The van der Waals surface area contributed by atoms with Gasteiger partial charge in [-0.3, -0.25) is 4.90 Å². The predicted molar refractivity (Wildman–Crippen MR) is 95.9 cm³/mol. The highest BCUT2D eigenvalue weighted by molar-refractivity contribution is 9.10. The smallest absolute Gasteiger partial charge is 0.407 e. The SMILES string of the molecule is COC(=O)c1cc(Br)c2c(c1C)OC(C)(CN1CCN(C(=O)O)CC1)O2. The van der Waals surface area contributed by atoms with Crippen LogP contribution in [0.1, 0.15) is 22.8 Å². The molecule has 0 aliphatic carbocycles. The zero-order valence-electron chi connectivity index (χ0n) is 14.9. The number of nitrogens with zero attached hydrogens (tertiary/aromatic N) is 2. The highest BCUT2D eigenvalue weighted by Gasteiger charge is 2.42. The van der Waals surface area contributed by atoms with Gasteiger partial charge in [0, 0.05) is 38.7 Å². The van der Waals surface area contributed by atoms with Gasteiger partial charge < -0.3 is 24.2 Å². The van der Waals surface area contributed by atoms with Gasteiger partial charge in [-0.05, 0) is 28.9 Å². The predicted octanol–water partition coefficient (Wildman–Crippen LogP) is 2.33. The number of carboxylic acid groups (broad SMARTS) is 1. The molecule has 8 nitrogen and oxygen atoms in total. The standard InChI is InChI=1S/C17H21BrN2O6/c1-10-11(15(21)24-3)8-12(18)14-13(10)25-17(2,26-14)9-19-4-6-20(7-5-19)16(22)23/h8H,4-7,9H2,1-3H3,(H,22,23). The summed E-state index contributed by atoms with van der Waals surface area (Å²) in [4.78, 5) is 26.5. The van der Waals surface area contributed by atoms with Crippen molar-refractivity contribution in [3.8, 4) is 11.5 Å². The third-order valence-electron chi connectivity index (χ3n) is 4.63. The van der Waals surface area contributed by atoms with Crippen LogP contribution < -0.4 is 9.47 Å². The topological polar surface area (TPSA) is 88.5 Å². The average Bonchev–Trinajstić information content (AvgIpc) is 2.96. The minimum Gasteiger partial charge on any atom is -0.465 e. The molecular weight excluding hydrogens is 408 g/mol. The van der Waals surface area contributed by atoms with Crippen LogP contribution in [0.3, 0.4) is 0 Å². The maximum Gasteiger partial charge on any atom is 0.407 e. The fourth-order valence-corrected chi connectivity index (χ4v) is 3.75. The number of carbonyl (C=O) groups is 2. The van der Waals surface area contributed by atoms with Gasteiger partial charge in [-0.2, -0.15) is 0 Å². The van der Waals surface area contributed by atoms with Crippen LogP contribution in [0.2, 0.25) is 0 Å². The number of fused-ring (bicyclic) bond motifs is 1. The molecule has 1 N–H and O–H groups in total. The summed E-state index contributed by atoms with van der Waals surface area (Å²) in [5.41, 5.74) is 1.08. The molecule has 1 aromatic rings. The van der Waals surface area contributed by atoms with E-state index in [2.05, 4.69) is 20.8 Å². The second-order valence-corrected chi connectivity index (χ2v) is 7.42. The van der Waals surface area contributed by atoms with E-state index < -0.39 is 17.8 Å². The summed E-state index contributed by atoms with van der Waals surface area (Å²) < 4.78 is 17.6. The molecule has 1 aromatic carbocycles. The molecule has 2 aliphatic rings. The molecule has 1 amide bonds. The summed E-state index contributed by atoms with van der Waals surface area (Å²) in [6, 6.07) is 1.67. The summed E-state index contributed by atoms with van der Waals surface area (Å²) in [5, 5.41) is 9.05. The molecule has 26 heavy (non-hydrogen) atoms. The van der Waals surface area contributed by atoms with Gasteiger partial charge in [0.1, 0.15) is 0 Å². The third-order valence-corrected chi connectivity index (χ3v) is 5.22. The molecule has 142 valence electrons. The summed E-state index contributed by atoms with van der Waals surface area (Å²) in [7, 11) is 1.33. The summed E-state index contributed by atoms with van der Waals surface area (Å²) in [5.74, 6) is -0.281. The number of piperazine rings is 1. The molecule has 9 heteroatoms. The van der Waals surface area contributed by atoms with Gasteiger partial charge in [0.2, 0.25) is 0 Å². The lowest BCUT2D eigenvalue weighted by Crippen LogP contribution is -2.54. The zero-order valence-corrected chi connectivity index (χ0v) is 16.5. The molecule has 2 heterocycles. The Bertz CT molecular complexity index is 747. The molecular formula is C17H21BrN2O6. The Morgan fingerprint density at radius 3 is 2.46 bits per heavy atom. The Labute approximate surface area is 159 Å². The Balaban J connectivity index is 1.75. The van der Waals surface area contributed by atoms with Crippen molar-refractivity contribution in [1.82, 2.24) is 9.80 Å². The first kappa shape index (κ1) is 18.8. The van der Waals surface area contributed by atoms with Crippen molar-refractivity contribution in [3.05, 3.63) is 21.7 Å². The number of benzene rings is 1. The molecule has 0 radical (unpaired) electrons. The maximum absolute atomic E-state index is 12.0. The Morgan fingerprint density at radius 2 is 1.88 bits per heavy atom. The van der Waals surface area contributed by atoms with Crippen molar-refractivity contribution in [2.75, 3.05) is 39.8 Å². The lowest BCUT2D eigenvalue weighted by atomic mass is 10.1. The largest absolute Gasteiger partial charge is 0.465 e. The Morgan fingerprint density at radius 1 is 1.27 bits per heavy atom. The first-order valence-corrected chi connectivity index (χ1v) is 9.03. The lowest BCUT2D eigenvalue weighted by Gasteiger charge is -2.36. The minimum absolute atomic E-state index is 0.418. The Hall–Kier alpha value is -2.00. The number of carbonyl (C=O) groups excluding carboxylic acids is 1. The lowest BCUT2D eigenvalue weighted by molar-refractivity contribution is -0.0890. The summed E-state index contributed by atoms with van der Waals surface area (Å²) >= 11 is 3.43. The van der Waals surface area contributed by atoms with Gasteiger partial charge >= 0.3 is 12.1 Å². The van der Waals surface area contributed by atoms with Gasteiger partial charge in [-0.1, -0.05) is 0 Å². The molecule has 0 aromatic heterocycles. The van der Waals surface area contributed by atoms with Gasteiger partial charge in [0.05, 0.1) is 23.7 Å². The van der Waals surface area contributed by atoms with Crippen molar-refractivity contribution < 1.29 is 28.9 Å². The monoisotopic (exact) mass is 428 g/mol. The van der Waals surface area contributed by atoms with Crippen LogP contribution in [0.25, 0.3) is 0 Å². The number of hydrogen-bond acceptors (Lipinski definition) is 6. The molecule has 1 atom stereocenters. The van der Waals surface area contributed by atoms with Crippen LogP contribution in [0.4, 0.5) is 4.79 Å². The van der Waals surface area contributed by atoms with E-state index in [4.69, 9.17) is 19.3 Å². The first-order chi connectivity index (χ1) is 12.2. The molecule has 1 fully saturated rings. The van der Waals surface area contributed by atoms with Crippen LogP contribution in [0.5, 0.6) is 11.5 Å². The molecule has 3 rings (SSSR count). The molecule has 0 bridgehead atoms. The molecule has 1 unspecified atom stereocenters. The number of hydrogen-bond donors (Lipinski definition) is 1. The van der Waals surface area contributed by atoms with Crippen molar-refractivity contribution in [2.45, 2.75) is 19.6 Å². The highest BCUT2D eigenvalue weighted by Crippen LogP contribution is 2.48. The number of halogens is 1. The quantitative estimate of drug-likeness (QED) is 0.738. The second kappa shape index (κ2) is 6.96. The summed E-state index contributed by atoms with van der Waals surface area (Å²) in [6.45, 7) is 6.23. The van der Waals surface area contributed by atoms with Crippen LogP contribution in [0, 0.1) is 6.92 Å². The van der Waals surface area contributed by atoms with E-state index >= 15 is 0 Å². The fraction of sp³-hybridized carbons (Fsp3) is 0.529. The van der Waals surface area contributed by atoms with E-state index in [1.807, 2.05) is 6.92 Å². The van der Waals surface area contributed by atoms with Crippen molar-refractivity contribution >= 4 is 28.0 Å². The third kappa shape index (κ3) is 3.45. The number of amides is 1. The van der Waals surface area contributed by atoms with Gasteiger partial charge in [0.15, 0.2) is 11.5 Å². The van der Waals surface area contributed by atoms with E-state index in [1.165, 1.54) is 12.0 Å². The zero-order chi connectivity index (χ0) is 19.1. The van der Waals surface area contributed by atoms with Crippen LogP contribution in [-0.4, -0.2) is 72.6 Å². The van der Waals surface area contributed by atoms with Crippen LogP contribution >= 0.6 is 15.9 Å².